The number of ether oxygens (including phenoxy) is 4. The van der Waals surface area contributed by atoms with Crippen molar-refractivity contribution in [2.75, 3.05) is 6.61 Å². The summed E-state index contributed by atoms with van der Waals surface area (Å²) in [5.41, 5.74) is 1.17. The highest BCUT2D eigenvalue weighted by molar-refractivity contribution is 6.21. The van der Waals surface area contributed by atoms with E-state index in [2.05, 4.69) is 0 Å². The average Bonchev–Trinajstić information content (AvgIpc) is 3.04. The van der Waals surface area contributed by atoms with Gasteiger partial charge in [0.2, 0.25) is 0 Å². The van der Waals surface area contributed by atoms with Crippen LogP contribution in [0.2, 0.25) is 0 Å². The Morgan fingerprint density at radius 2 is 1.62 bits per heavy atom. The molecule has 3 aliphatic rings. The number of aliphatic hydroxyl groups excluding tert-OH is 1. The van der Waals surface area contributed by atoms with E-state index in [1.54, 1.807) is 12.1 Å². The summed E-state index contributed by atoms with van der Waals surface area (Å²) in [6, 6.07) is 14.2. The molecule has 0 aliphatic carbocycles. The standard InChI is InChI=1S/C23H21NO8/c1-12(25)30-19-17(24-20(26)14-9-5-6-10-15(14)21(24)27)22(28)31-16-11-29-23(32-18(16)19)13-7-3-2-4-8-13/h2-10,16-19,22-23,28H,11H2,1H3/t16-,17-,18-,19-,22-,23?/m1/s1. The van der Waals surface area contributed by atoms with E-state index in [1.807, 2.05) is 30.3 Å². The van der Waals surface area contributed by atoms with Gasteiger partial charge in [-0.3, -0.25) is 19.3 Å². The van der Waals surface area contributed by atoms with E-state index in [9.17, 15) is 19.5 Å². The normalized spacial score (nSPS) is 31.8. The van der Waals surface area contributed by atoms with Gasteiger partial charge in [-0.2, -0.15) is 0 Å². The quantitative estimate of drug-likeness (QED) is 0.565. The second-order valence-corrected chi connectivity index (χ2v) is 7.83. The summed E-state index contributed by atoms with van der Waals surface area (Å²) in [7, 11) is 0. The van der Waals surface area contributed by atoms with Gasteiger partial charge in [0.15, 0.2) is 18.7 Å². The van der Waals surface area contributed by atoms with E-state index in [-0.39, 0.29) is 17.7 Å². The number of hydrogen-bond acceptors (Lipinski definition) is 8. The van der Waals surface area contributed by atoms with Gasteiger partial charge in [0.05, 0.1) is 17.7 Å². The van der Waals surface area contributed by atoms with Crippen molar-refractivity contribution in [2.45, 2.75) is 43.9 Å². The topological polar surface area (TPSA) is 112 Å². The third kappa shape index (κ3) is 3.39. The van der Waals surface area contributed by atoms with Crippen molar-refractivity contribution in [1.29, 1.82) is 0 Å². The van der Waals surface area contributed by atoms with Crippen molar-refractivity contribution in [3.8, 4) is 0 Å². The van der Waals surface area contributed by atoms with Gasteiger partial charge < -0.3 is 24.1 Å². The van der Waals surface area contributed by atoms with Crippen LogP contribution < -0.4 is 0 Å². The van der Waals surface area contributed by atoms with Gasteiger partial charge in [0.1, 0.15) is 18.2 Å². The van der Waals surface area contributed by atoms with Crippen molar-refractivity contribution in [2.24, 2.45) is 0 Å². The number of aliphatic hydroxyl groups is 1. The van der Waals surface area contributed by atoms with E-state index in [1.165, 1.54) is 19.1 Å². The molecule has 2 aromatic carbocycles. The molecule has 2 saturated heterocycles. The predicted octanol–water partition coefficient (Wildman–Crippen LogP) is 1.41. The Hall–Kier alpha value is -3.11. The maximum Gasteiger partial charge on any atom is 0.303 e. The number of fused-ring (bicyclic) bond motifs is 2. The minimum atomic E-state index is -1.59. The molecule has 166 valence electrons. The maximum absolute atomic E-state index is 13.1. The molecule has 32 heavy (non-hydrogen) atoms. The third-order valence-electron chi connectivity index (χ3n) is 5.82. The summed E-state index contributed by atoms with van der Waals surface area (Å²) >= 11 is 0. The van der Waals surface area contributed by atoms with Crippen LogP contribution in [0.1, 0.15) is 39.5 Å². The van der Waals surface area contributed by atoms with Crippen molar-refractivity contribution in [3.63, 3.8) is 0 Å². The molecule has 6 atom stereocenters. The molecule has 1 unspecified atom stereocenters. The zero-order chi connectivity index (χ0) is 22.4. The molecule has 0 spiro atoms. The molecule has 5 rings (SSSR count). The summed E-state index contributed by atoms with van der Waals surface area (Å²) in [6.07, 6.45) is -5.16. The number of amides is 2. The van der Waals surface area contributed by atoms with Gasteiger partial charge in [-0.15, -0.1) is 0 Å². The van der Waals surface area contributed by atoms with Crippen molar-refractivity contribution in [3.05, 3.63) is 71.3 Å². The largest absolute Gasteiger partial charge is 0.457 e. The highest BCUT2D eigenvalue weighted by Crippen LogP contribution is 2.38. The molecule has 9 heteroatoms. The zero-order valence-corrected chi connectivity index (χ0v) is 17.1. The SMILES string of the molecule is CC(=O)O[C@H]1[C@@H]2OC(c3ccccc3)OC[C@H]2O[C@@H](O)[C@@H]1N1C(=O)c2ccccc2C1=O. The molecule has 0 saturated carbocycles. The van der Waals surface area contributed by atoms with Crippen molar-refractivity contribution in [1.82, 2.24) is 4.90 Å². The lowest BCUT2D eigenvalue weighted by Crippen LogP contribution is -2.68. The molecular weight excluding hydrogens is 418 g/mol. The summed E-state index contributed by atoms with van der Waals surface area (Å²) in [6.45, 7) is 1.28. The first-order valence-corrected chi connectivity index (χ1v) is 10.3. The molecule has 9 nitrogen and oxygen atoms in total. The minimum absolute atomic E-state index is 0.0634. The monoisotopic (exact) mass is 439 g/mol. The highest BCUT2D eigenvalue weighted by Gasteiger charge is 2.57. The Bertz CT molecular complexity index is 1020. The zero-order valence-electron chi connectivity index (χ0n) is 17.1. The van der Waals surface area contributed by atoms with E-state index in [0.717, 1.165) is 10.5 Å². The van der Waals surface area contributed by atoms with Gasteiger partial charge in [-0.05, 0) is 12.1 Å². The van der Waals surface area contributed by atoms with E-state index >= 15 is 0 Å². The fourth-order valence-corrected chi connectivity index (χ4v) is 4.44. The first-order chi connectivity index (χ1) is 15.5. The molecule has 2 aromatic rings. The van der Waals surface area contributed by atoms with E-state index in [0.29, 0.717) is 0 Å². The van der Waals surface area contributed by atoms with Crippen molar-refractivity contribution >= 4 is 17.8 Å². The predicted molar refractivity (Wildman–Crippen MR) is 107 cm³/mol. The first-order valence-electron chi connectivity index (χ1n) is 10.3. The van der Waals surface area contributed by atoms with Crippen LogP contribution in [-0.2, 0) is 23.7 Å². The second kappa shape index (κ2) is 8.10. The summed E-state index contributed by atoms with van der Waals surface area (Å²) in [5, 5.41) is 10.8. The molecule has 2 fully saturated rings. The number of carbonyl (C=O) groups excluding carboxylic acids is 3. The van der Waals surface area contributed by atoms with Crippen LogP contribution in [0.25, 0.3) is 0 Å². The summed E-state index contributed by atoms with van der Waals surface area (Å²) in [5.74, 6) is -1.84. The van der Waals surface area contributed by atoms with E-state index in [4.69, 9.17) is 18.9 Å². The number of rotatable bonds is 3. The van der Waals surface area contributed by atoms with Crippen LogP contribution in [0, 0.1) is 0 Å². The van der Waals surface area contributed by atoms with Gasteiger partial charge in [-0.25, -0.2) is 0 Å². The van der Waals surface area contributed by atoms with Crippen LogP contribution >= 0.6 is 0 Å². The van der Waals surface area contributed by atoms with Crippen LogP contribution in [-0.4, -0.2) is 65.0 Å². The van der Waals surface area contributed by atoms with Crippen LogP contribution in [0.3, 0.4) is 0 Å². The summed E-state index contributed by atoms with van der Waals surface area (Å²) in [4.78, 5) is 39.0. The number of imide groups is 1. The lowest BCUT2D eigenvalue weighted by Gasteiger charge is -2.49. The number of carbonyl (C=O) groups is 3. The molecule has 2 amide bonds. The average molecular weight is 439 g/mol. The Kier molecular flexibility index (Phi) is 5.26. The fraction of sp³-hybridized carbons (Fsp3) is 0.348. The Morgan fingerprint density at radius 3 is 2.25 bits per heavy atom. The van der Waals surface area contributed by atoms with Gasteiger partial charge in [-0.1, -0.05) is 42.5 Å². The second-order valence-electron chi connectivity index (χ2n) is 7.83. The molecular formula is C23H21NO8. The third-order valence-corrected chi connectivity index (χ3v) is 5.82. The Morgan fingerprint density at radius 1 is 1.00 bits per heavy atom. The number of nitrogens with zero attached hydrogens (tertiary/aromatic N) is 1. The lowest BCUT2D eigenvalue weighted by molar-refractivity contribution is -0.343. The molecule has 3 aliphatic heterocycles. The van der Waals surface area contributed by atoms with Gasteiger partial charge >= 0.3 is 5.97 Å². The maximum atomic E-state index is 13.1. The number of esters is 1. The lowest BCUT2D eigenvalue weighted by atomic mass is 9.94. The molecule has 0 aromatic heterocycles. The molecule has 3 heterocycles. The minimum Gasteiger partial charge on any atom is -0.457 e. The number of benzene rings is 2. The smallest absolute Gasteiger partial charge is 0.303 e. The highest BCUT2D eigenvalue weighted by atomic mass is 16.7. The Balaban J connectivity index is 1.50. The molecule has 1 N–H and O–H groups in total. The van der Waals surface area contributed by atoms with Crippen LogP contribution in [0.5, 0.6) is 0 Å². The molecule has 0 radical (unpaired) electrons. The van der Waals surface area contributed by atoms with E-state index < -0.39 is 54.7 Å². The molecule has 0 bridgehead atoms. The van der Waals surface area contributed by atoms with Crippen LogP contribution in [0.15, 0.2) is 54.6 Å². The first kappa shape index (κ1) is 20.8. The van der Waals surface area contributed by atoms with Crippen LogP contribution in [0.4, 0.5) is 0 Å². The van der Waals surface area contributed by atoms with Gasteiger partial charge in [0.25, 0.3) is 11.8 Å². The Labute approximate surface area is 183 Å². The number of hydrogen-bond donors (Lipinski definition) is 1. The van der Waals surface area contributed by atoms with Gasteiger partial charge in [0, 0.05) is 12.5 Å². The summed E-state index contributed by atoms with van der Waals surface area (Å²) < 4.78 is 23.0. The van der Waals surface area contributed by atoms with Crippen molar-refractivity contribution < 1.29 is 38.4 Å². The fourth-order valence-electron chi connectivity index (χ4n) is 4.44.